The van der Waals surface area contributed by atoms with Gasteiger partial charge in [-0.25, -0.2) is 0 Å². The van der Waals surface area contributed by atoms with Crippen molar-refractivity contribution in [1.82, 2.24) is 4.90 Å². The summed E-state index contributed by atoms with van der Waals surface area (Å²) in [5.74, 6) is 1.85. The largest absolute Gasteiger partial charge is 0.493 e. The fourth-order valence-electron chi connectivity index (χ4n) is 3.50. The Kier molecular flexibility index (Phi) is 5.81. The predicted molar refractivity (Wildman–Crippen MR) is 113 cm³/mol. The summed E-state index contributed by atoms with van der Waals surface area (Å²) in [6.07, 6.45) is 3.39. The maximum atomic E-state index is 12.6. The molecule has 2 heterocycles. The predicted octanol–water partition coefficient (Wildman–Crippen LogP) is 3.48. The van der Waals surface area contributed by atoms with Crippen molar-refractivity contribution in [2.75, 3.05) is 51.4 Å². The molecule has 2 aromatic rings. The molecule has 29 heavy (non-hydrogen) atoms. The highest BCUT2D eigenvalue weighted by molar-refractivity contribution is 6.30. The molecule has 2 aliphatic heterocycles. The third kappa shape index (κ3) is 4.43. The molecule has 152 valence electrons. The number of methoxy groups -OCH3 is 1. The Hall–Kier alpha value is -2.86. The summed E-state index contributed by atoms with van der Waals surface area (Å²) in [6, 6.07) is 11.5. The van der Waals surface area contributed by atoms with Gasteiger partial charge < -0.3 is 24.0 Å². The number of nitrogens with zero attached hydrogens (tertiary/aromatic N) is 2. The number of ether oxygens (including phenoxy) is 3. The molecule has 1 fully saturated rings. The zero-order valence-corrected chi connectivity index (χ0v) is 17.0. The van der Waals surface area contributed by atoms with Crippen molar-refractivity contribution in [3.05, 3.63) is 53.1 Å². The van der Waals surface area contributed by atoms with E-state index in [0.717, 1.165) is 29.4 Å². The number of amides is 1. The zero-order chi connectivity index (χ0) is 20.2. The number of benzene rings is 2. The Labute approximate surface area is 175 Å². The van der Waals surface area contributed by atoms with Crippen LogP contribution in [-0.4, -0.2) is 57.3 Å². The number of carbonyl (C=O) groups excluding carboxylic acids is 1. The van der Waals surface area contributed by atoms with Crippen LogP contribution in [0.15, 0.2) is 42.5 Å². The molecule has 0 aliphatic carbocycles. The third-order valence-electron chi connectivity index (χ3n) is 5.05. The third-order valence-corrected chi connectivity index (χ3v) is 5.30. The van der Waals surface area contributed by atoms with Crippen molar-refractivity contribution in [2.45, 2.75) is 0 Å². The SMILES string of the molecule is COc1cc(/C=C/C(=O)N2CCN(c3ccc(Cl)cc3)CC2)cc2c1OCCO2. The minimum absolute atomic E-state index is 0.00499. The molecule has 0 N–H and O–H groups in total. The second-order valence-electron chi connectivity index (χ2n) is 6.87. The Morgan fingerprint density at radius 3 is 2.52 bits per heavy atom. The average Bonchev–Trinajstić information content (AvgIpc) is 2.77. The van der Waals surface area contributed by atoms with E-state index in [1.54, 1.807) is 19.3 Å². The lowest BCUT2D eigenvalue weighted by molar-refractivity contribution is -0.126. The molecule has 4 rings (SSSR count). The quantitative estimate of drug-likeness (QED) is 0.717. The highest BCUT2D eigenvalue weighted by Gasteiger charge is 2.21. The van der Waals surface area contributed by atoms with Gasteiger partial charge in [0.2, 0.25) is 11.7 Å². The lowest BCUT2D eigenvalue weighted by Crippen LogP contribution is -2.48. The smallest absolute Gasteiger partial charge is 0.246 e. The first-order valence-corrected chi connectivity index (χ1v) is 9.97. The number of rotatable bonds is 4. The van der Waals surface area contributed by atoms with Gasteiger partial charge in [0.25, 0.3) is 0 Å². The maximum Gasteiger partial charge on any atom is 0.246 e. The number of fused-ring (bicyclic) bond motifs is 1. The molecular weight excluding hydrogens is 392 g/mol. The summed E-state index contributed by atoms with van der Waals surface area (Å²) in [5.41, 5.74) is 1.96. The monoisotopic (exact) mass is 414 g/mol. The zero-order valence-electron chi connectivity index (χ0n) is 16.3. The van der Waals surface area contributed by atoms with Crippen LogP contribution in [0.5, 0.6) is 17.2 Å². The number of piperazine rings is 1. The van der Waals surface area contributed by atoms with E-state index < -0.39 is 0 Å². The molecule has 1 amide bonds. The van der Waals surface area contributed by atoms with Crippen molar-refractivity contribution in [3.63, 3.8) is 0 Å². The number of carbonyl (C=O) groups is 1. The van der Waals surface area contributed by atoms with Crippen LogP contribution in [0.25, 0.3) is 6.08 Å². The summed E-state index contributed by atoms with van der Waals surface area (Å²) in [6.45, 7) is 3.93. The van der Waals surface area contributed by atoms with E-state index in [9.17, 15) is 4.79 Å². The van der Waals surface area contributed by atoms with Crippen LogP contribution in [0.4, 0.5) is 5.69 Å². The standard InChI is InChI=1S/C22H23ClN2O4/c1-27-19-14-16(15-20-22(19)29-13-12-28-20)2-7-21(26)25-10-8-24(9-11-25)18-5-3-17(23)4-6-18/h2-7,14-15H,8-13H2,1H3/b7-2+. The first-order valence-electron chi connectivity index (χ1n) is 9.59. The van der Waals surface area contributed by atoms with E-state index >= 15 is 0 Å². The van der Waals surface area contributed by atoms with Gasteiger partial charge in [-0.15, -0.1) is 0 Å². The number of hydrogen-bond acceptors (Lipinski definition) is 5. The summed E-state index contributed by atoms with van der Waals surface area (Å²) in [5, 5.41) is 0.725. The van der Waals surface area contributed by atoms with Crippen LogP contribution < -0.4 is 19.1 Å². The highest BCUT2D eigenvalue weighted by Crippen LogP contribution is 2.40. The molecule has 0 aromatic heterocycles. The molecule has 2 aliphatic rings. The van der Waals surface area contributed by atoms with Crippen molar-refractivity contribution in [3.8, 4) is 17.2 Å². The van der Waals surface area contributed by atoms with Gasteiger partial charge >= 0.3 is 0 Å². The number of hydrogen-bond donors (Lipinski definition) is 0. The van der Waals surface area contributed by atoms with Gasteiger partial charge in [-0.05, 0) is 48.0 Å². The van der Waals surface area contributed by atoms with Gasteiger partial charge in [0.1, 0.15) is 13.2 Å². The van der Waals surface area contributed by atoms with Gasteiger partial charge in [0.15, 0.2) is 11.5 Å². The molecule has 0 unspecified atom stereocenters. The van der Waals surface area contributed by atoms with Gasteiger partial charge in [-0.3, -0.25) is 4.79 Å². The van der Waals surface area contributed by atoms with Crippen molar-refractivity contribution in [2.24, 2.45) is 0 Å². The van der Waals surface area contributed by atoms with E-state index in [-0.39, 0.29) is 5.91 Å². The lowest BCUT2D eigenvalue weighted by Gasteiger charge is -2.35. The highest BCUT2D eigenvalue weighted by atomic mass is 35.5. The Morgan fingerprint density at radius 2 is 1.79 bits per heavy atom. The number of anilines is 1. The fourth-order valence-corrected chi connectivity index (χ4v) is 3.63. The molecule has 7 heteroatoms. The molecule has 0 bridgehead atoms. The summed E-state index contributed by atoms with van der Waals surface area (Å²) < 4.78 is 16.6. The van der Waals surface area contributed by atoms with Crippen LogP contribution >= 0.6 is 11.6 Å². The fraction of sp³-hybridized carbons (Fsp3) is 0.318. The first-order chi connectivity index (χ1) is 14.1. The van der Waals surface area contributed by atoms with Crippen LogP contribution in [0, 0.1) is 0 Å². The van der Waals surface area contributed by atoms with Gasteiger partial charge in [0.05, 0.1) is 7.11 Å². The Morgan fingerprint density at radius 1 is 1.07 bits per heavy atom. The summed E-state index contributed by atoms with van der Waals surface area (Å²) in [7, 11) is 1.59. The van der Waals surface area contributed by atoms with Crippen LogP contribution in [0.2, 0.25) is 5.02 Å². The molecule has 0 radical (unpaired) electrons. The topological polar surface area (TPSA) is 51.2 Å². The van der Waals surface area contributed by atoms with E-state index in [1.165, 1.54) is 0 Å². The minimum atomic E-state index is -0.00499. The van der Waals surface area contributed by atoms with E-state index in [0.29, 0.717) is 43.6 Å². The Bertz CT molecular complexity index is 889. The van der Waals surface area contributed by atoms with Crippen molar-refractivity contribution >= 4 is 29.3 Å². The second kappa shape index (κ2) is 8.66. The molecule has 2 aromatic carbocycles. The summed E-state index contributed by atoms with van der Waals surface area (Å²) in [4.78, 5) is 16.7. The average molecular weight is 415 g/mol. The second-order valence-corrected chi connectivity index (χ2v) is 7.31. The van der Waals surface area contributed by atoms with Gasteiger partial charge in [0, 0.05) is 43.0 Å². The van der Waals surface area contributed by atoms with Crippen LogP contribution in [0.1, 0.15) is 5.56 Å². The van der Waals surface area contributed by atoms with Crippen LogP contribution in [-0.2, 0) is 4.79 Å². The van der Waals surface area contributed by atoms with Gasteiger partial charge in [-0.2, -0.15) is 0 Å². The normalized spacial score (nSPS) is 16.2. The minimum Gasteiger partial charge on any atom is -0.493 e. The molecule has 0 spiro atoms. The molecule has 6 nitrogen and oxygen atoms in total. The summed E-state index contributed by atoms with van der Waals surface area (Å²) >= 11 is 5.96. The first kappa shape index (κ1) is 19.5. The van der Waals surface area contributed by atoms with Crippen molar-refractivity contribution in [1.29, 1.82) is 0 Å². The van der Waals surface area contributed by atoms with E-state index in [4.69, 9.17) is 25.8 Å². The molecule has 1 saturated heterocycles. The van der Waals surface area contributed by atoms with Crippen LogP contribution in [0.3, 0.4) is 0 Å². The van der Waals surface area contributed by atoms with Gasteiger partial charge in [-0.1, -0.05) is 11.6 Å². The van der Waals surface area contributed by atoms with E-state index in [1.807, 2.05) is 41.3 Å². The number of halogens is 1. The van der Waals surface area contributed by atoms with E-state index in [2.05, 4.69) is 4.90 Å². The lowest BCUT2D eigenvalue weighted by atomic mass is 10.1. The van der Waals surface area contributed by atoms with Crippen molar-refractivity contribution < 1.29 is 19.0 Å². The maximum absolute atomic E-state index is 12.6. The Balaban J connectivity index is 1.38. The molecule has 0 saturated carbocycles. The molecule has 0 atom stereocenters. The molecular formula is C22H23ClN2O4.